The number of methoxy groups -OCH3 is 1. The molecule has 2 aromatic carbocycles. The van der Waals surface area contributed by atoms with Gasteiger partial charge in [-0.25, -0.2) is 42.9 Å². The third kappa shape index (κ3) is 6.88. The molecule has 5 aromatic rings. The predicted octanol–water partition coefficient (Wildman–Crippen LogP) is 7.13. The van der Waals surface area contributed by atoms with E-state index >= 15 is 4.39 Å². The molecule has 0 unspecified atom stereocenters. The van der Waals surface area contributed by atoms with E-state index < -0.39 is 42.9 Å². The monoisotopic (exact) mass is 654 g/mol. The number of ether oxygens (including phenoxy) is 4. The van der Waals surface area contributed by atoms with Gasteiger partial charge >= 0.3 is 12.1 Å². The summed E-state index contributed by atoms with van der Waals surface area (Å²) in [6, 6.07) is 6.54. The zero-order chi connectivity index (χ0) is 32.4. The summed E-state index contributed by atoms with van der Waals surface area (Å²) in [6.07, 6.45) is 0.172. The first-order valence-electron chi connectivity index (χ1n) is 14.5. The van der Waals surface area contributed by atoms with E-state index in [0.717, 1.165) is 12.0 Å². The van der Waals surface area contributed by atoms with Gasteiger partial charge in [0.1, 0.15) is 17.2 Å². The fourth-order valence-electron chi connectivity index (χ4n) is 5.06. The number of aromatic nitrogens is 5. The van der Waals surface area contributed by atoms with Gasteiger partial charge in [-0.15, -0.1) is 11.3 Å². The van der Waals surface area contributed by atoms with Gasteiger partial charge < -0.3 is 18.9 Å². The summed E-state index contributed by atoms with van der Waals surface area (Å²) in [7, 11) is 1.51. The zero-order valence-electron chi connectivity index (χ0n) is 25.1. The molecule has 0 spiro atoms. The molecule has 11 nitrogen and oxygen atoms in total. The quantitative estimate of drug-likeness (QED) is 0.175. The first-order chi connectivity index (χ1) is 22.1. The minimum Gasteiger partial charge on any atom is -0.483 e. The average molecular weight is 655 g/mol. The van der Waals surface area contributed by atoms with E-state index in [0.29, 0.717) is 44.3 Å². The lowest BCUT2D eigenvalue weighted by molar-refractivity contribution is -0.114. The Hall–Kier alpha value is -4.79. The largest absolute Gasteiger partial charge is 0.483 e. The van der Waals surface area contributed by atoms with Crippen molar-refractivity contribution in [1.29, 1.82) is 0 Å². The average Bonchev–Trinajstić information content (AvgIpc) is 3.43. The molecular weight excluding hydrogens is 625 g/mol. The van der Waals surface area contributed by atoms with E-state index in [1.165, 1.54) is 49.2 Å². The molecule has 6 rings (SSSR count). The first kappa shape index (κ1) is 31.2. The number of carbonyl (C=O) groups is 1. The number of nitrogens with zero attached hydrogens (tertiary/aromatic N) is 5. The Balaban J connectivity index is 1.22. The maximum atomic E-state index is 15.3. The number of hydrogen-bond acceptors (Lipinski definition) is 11. The maximum absolute atomic E-state index is 15.3. The molecule has 0 aliphatic heterocycles. The van der Waals surface area contributed by atoms with Crippen molar-refractivity contribution < 1.29 is 36.9 Å². The highest BCUT2D eigenvalue weighted by Gasteiger charge is 2.45. The number of fused-ring (bicyclic) bond motifs is 2. The SMILES string of the molecule is CCCOc1ncc(NC(=O)O[C@@H]2CCC(F)(F)C[C@@H]2Oc2cc3sc(-c4cc(C)cc5nc(OC)cnc45)nc3cc2F)cn1. The molecule has 46 heavy (non-hydrogen) atoms. The Kier molecular flexibility index (Phi) is 8.75. The lowest BCUT2D eigenvalue weighted by Gasteiger charge is -2.35. The maximum Gasteiger partial charge on any atom is 0.412 e. The van der Waals surface area contributed by atoms with Gasteiger partial charge in [0.05, 0.1) is 65.7 Å². The second-order valence-corrected chi connectivity index (χ2v) is 11.8. The van der Waals surface area contributed by atoms with Gasteiger partial charge in [-0.1, -0.05) is 6.92 Å². The van der Waals surface area contributed by atoms with Crippen LogP contribution < -0.4 is 19.5 Å². The molecule has 1 saturated carbocycles. The number of amides is 1. The summed E-state index contributed by atoms with van der Waals surface area (Å²) in [4.78, 5) is 34.2. The van der Waals surface area contributed by atoms with E-state index in [-0.39, 0.29) is 23.9 Å². The van der Waals surface area contributed by atoms with Gasteiger partial charge in [0.15, 0.2) is 11.6 Å². The van der Waals surface area contributed by atoms with Crippen LogP contribution in [0.3, 0.4) is 0 Å². The highest BCUT2D eigenvalue weighted by Crippen LogP contribution is 2.40. The summed E-state index contributed by atoms with van der Waals surface area (Å²) >= 11 is 1.27. The number of thiazole rings is 1. The van der Waals surface area contributed by atoms with Gasteiger partial charge in [0.25, 0.3) is 5.92 Å². The molecule has 3 aromatic heterocycles. The van der Waals surface area contributed by atoms with E-state index in [1.807, 2.05) is 26.0 Å². The van der Waals surface area contributed by atoms with Crippen LogP contribution in [0.15, 0.2) is 42.9 Å². The summed E-state index contributed by atoms with van der Waals surface area (Å²) in [5, 5.41) is 3.04. The molecule has 240 valence electrons. The van der Waals surface area contributed by atoms with Gasteiger partial charge in [-0.05, 0) is 37.5 Å². The van der Waals surface area contributed by atoms with E-state index in [4.69, 9.17) is 18.9 Å². The molecule has 3 heterocycles. The number of nitrogens with one attached hydrogen (secondary N) is 1. The normalized spacial score (nSPS) is 17.5. The summed E-state index contributed by atoms with van der Waals surface area (Å²) in [5.41, 5.74) is 3.40. The highest BCUT2D eigenvalue weighted by atomic mass is 32.1. The van der Waals surface area contributed by atoms with Gasteiger partial charge in [0, 0.05) is 24.1 Å². The topological polar surface area (TPSA) is 130 Å². The molecule has 0 saturated heterocycles. The van der Waals surface area contributed by atoms with Crippen molar-refractivity contribution in [2.24, 2.45) is 0 Å². The molecule has 1 N–H and O–H groups in total. The third-order valence-electron chi connectivity index (χ3n) is 7.21. The van der Waals surface area contributed by atoms with Crippen LogP contribution in [-0.2, 0) is 4.74 Å². The van der Waals surface area contributed by atoms with Gasteiger partial charge in [-0.2, -0.15) is 0 Å². The Morgan fingerprint density at radius 2 is 1.87 bits per heavy atom. The molecule has 0 bridgehead atoms. The van der Waals surface area contributed by atoms with Crippen LogP contribution in [0.4, 0.5) is 23.7 Å². The molecular formula is C31H29F3N6O5S. The van der Waals surface area contributed by atoms with Crippen LogP contribution in [0.25, 0.3) is 31.8 Å². The Bertz CT molecular complexity index is 1890. The van der Waals surface area contributed by atoms with Crippen molar-refractivity contribution in [2.75, 3.05) is 19.0 Å². The number of halogens is 3. The summed E-state index contributed by atoms with van der Waals surface area (Å²) in [6.45, 7) is 4.29. The van der Waals surface area contributed by atoms with Crippen LogP contribution in [0.2, 0.25) is 0 Å². The lowest BCUT2D eigenvalue weighted by Crippen LogP contribution is -2.45. The van der Waals surface area contributed by atoms with Crippen LogP contribution >= 0.6 is 11.3 Å². The number of aryl methyl sites for hydroxylation is 1. The molecule has 1 fully saturated rings. The Morgan fingerprint density at radius 3 is 2.63 bits per heavy atom. The fraction of sp³-hybridized carbons (Fsp3) is 0.355. The van der Waals surface area contributed by atoms with E-state index in [2.05, 4.69) is 30.2 Å². The number of alkyl halides is 2. The smallest absolute Gasteiger partial charge is 0.412 e. The number of anilines is 1. The zero-order valence-corrected chi connectivity index (χ0v) is 25.9. The van der Waals surface area contributed by atoms with Crippen molar-refractivity contribution in [3.63, 3.8) is 0 Å². The van der Waals surface area contributed by atoms with E-state index in [9.17, 15) is 13.6 Å². The second-order valence-electron chi connectivity index (χ2n) is 10.8. The van der Waals surface area contributed by atoms with Crippen LogP contribution in [-0.4, -0.2) is 62.9 Å². The van der Waals surface area contributed by atoms with Crippen LogP contribution in [0, 0.1) is 12.7 Å². The Labute approximate surface area is 265 Å². The van der Waals surface area contributed by atoms with Crippen LogP contribution in [0.1, 0.15) is 38.2 Å². The lowest BCUT2D eigenvalue weighted by atomic mass is 9.91. The summed E-state index contributed by atoms with van der Waals surface area (Å²) in [5.74, 6) is -3.76. The number of rotatable bonds is 9. The number of carbonyl (C=O) groups excluding carboxylic acids is 1. The minimum absolute atomic E-state index is 0.150. The highest BCUT2D eigenvalue weighted by molar-refractivity contribution is 7.21. The predicted molar refractivity (Wildman–Crippen MR) is 164 cm³/mol. The van der Waals surface area contributed by atoms with Crippen molar-refractivity contribution in [3.8, 4) is 28.2 Å². The van der Waals surface area contributed by atoms with Crippen molar-refractivity contribution in [3.05, 3.63) is 54.2 Å². The Morgan fingerprint density at radius 1 is 1.07 bits per heavy atom. The molecule has 1 aliphatic carbocycles. The van der Waals surface area contributed by atoms with Crippen molar-refractivity contribution in [1.82, 2.24) is 24.9 Å². The summed E-state index contributed by atoms with van der Waals surface area (Å²) < 4.78 is 66.7. The second kappa shape index (κ2) is 12.9. The van der Waals surface area contributed by atoms with Crippen molar-refractivity contribution in [2.45, 2.75) is 57.7 Å². The minimum atomic E-state index is -3.09. The number of hydrogen-bond donors (Lipinski definition) is 1. The number of benzene rings is 2. The fourth-order valence-corrected chi connectivity index (χ4v) is 6.05. The van der Waals surface area contributed by atoms with Gasteiger partial charge in [0.2, 0.25) is 5.88 Å². The third-order valence-corrected chi connectivity index (χ3v) is 8.26. The van der Waals surface area contributed by atoms with E-state index in [1.54, 1.807) is 0 Å². The van der Waals surface area contributed by atoms with Crippen LogP contribution in [0.5, 0.6) is 17.6 Å². The standard InChI is InChI=1S/C31H29F3N6O5S/c1-4-7-43-29-36-13-17(14-37-29)38-30(41)45-22-5-6-31(33,34)12-24(22)44-23-11-25-20(10-19(23)32)40-28(46-25)18-8-16(2)9-21-27(18)35-15-26(39-21)42-3/h8-11,13-15,22,24H,4-7,12H2,1-3H3,(H,38,41)/t22-,24+/m1/s1. The molecule has 2 atom stereocenters. The van der Waals surface area contributed by atoms with Gasteiger partial charge in [-0.3, -0.25) is 5.32 Å². The first-order valence-corrected chi connectivity index (χ1v) is 15.3. The molecule has 0 radical (unpaired) electrons. The molecule has 1 aliphatic rings. The molecule has 15 heteroatoms. The van der Waals surface area contributed by atoms with Crippen molar-refractivity contribution >= 4 is 44.4 Å². The molecule has 1 amide bonds.